The van der Waals surface area contributed by atoms with E-state index in [0.29, 0.717) is 12.5 Å². The van der Waals surface area contributed by atoms with Crippen LogP contribution in [0.15, 0.2) is 5.38 Å². The first kappa shape index (κ1) is 13.6. The third-order valence-corrected chi connectivity index (χ3v) is 2.91. The molecule has 0 amide bonds. The molecule has 0 radical (unpaired) electrons. The Morgan fingerprint density at radius 1 is 1.44 bits per heavy atom. The summed E-state index contributed by atoms with van der Waals surface area (Å²) in [6, 6.07) is 0. The zero-order chi connectivity index (χ0) is 12.2. The molecule has 0 aliphatic heterocycles. The van der Waals surface area contributed by atoms with E-state index in [-0.39, 0.29) is 5.41 Å². The maximum atomic E-state index is 5.31. The summed E-state index contributed by atoms with van der Waals surface area (Å²) in [6.07, 6.45) is 0. The molecule has 1 aromatic heterocycles. The molecule has 0 aliphatic rings. The molecule has 0 unspecified atom stereocenters. The monoisotopic (exact) mass is 242 g/mol. The third-order valence-electron chi connectivity index (χ3n) is 2.06. The maximum Gasteiger partial charge on any atom is 0.109 e. The zero-order valence-electron chi connectivity index (χ0n) is 10.8. The lowest BCUT2D eigenvalue weighted by Crippen LogP contribution is -2.18. The molecule has 0 fully saturated rings. The van der Waals surface area contributed by atoms with Crippen LogP contribution in [-0.4, -0.2) is 11.6 Å². The molecule has 92 valence electrons. The van der Waals surface area contributed by atoms with Gasteiger partial charge in [-0.2, -0.15) is 5.48 Å². The van der Waals surface area contributed by atoms with Crippen LogP contribution in [0.1, 0.15) is 45.3 Å². The summed E-state index contributed by atoms with van der Waals surface area (Å²) in [5.41, 5.74) is 4.23. The lowest BCUT2D eigenvalue weighted by Gasteiger charge is -2.14. The summed E-state index contributed by atoms with van der Waals surface area (Å²) in [4.78, 5) is 9.88. The molecule has 0 saturated carbocycles. The predicted molar refractivity (Wildman–Crippen MR) is 68.4 cm³/mol. The molecule has 0 saturated heterocycles. The number of nitrogens with zero attached hydrogens (tertiary/aromatic N) is 1. The van der Waals surface area contributed by atoms with Crippen molar-refractivity contribution >= 4 is 11.3 Å². The predicted octanol–water partition coefficient (Wildman–Crippen LogP) is 3.12. The first-order valence-electron chi connectivity index (χ1n) is 5.69. The number of hydrogen-bond donors (Lipinski definition) is 1. The van der Waals surface area contributed by atoms with Crippen LogP contribution in [-0.2, 0) is 16.8 Å². The van der Waals surface area contributed by atoms with E-state index >= 15 is 0 Å². The van der Waals surface area contributed by atoms with Crippen LogP contribution >= 0.6 is 11.3 Å². The highest BCUT2D eigenvalue weighted by Gasteiger charge is 2.17. The highest BCUT2D eigenvalue weighted by Crippen LogP contribution is 2.23. The Bertz CT molecular complexity index is 315. The van der Waals surface area contributed by atoms with Gasteiger partial charge in [0.25, 0.3) is 0 Å². The standard InChI is InChI=1S/C12H22N2OS/c1-9(2)7-15-13-6-11-14-10(8-16-11)12(3,4)5/h8-9,13H,6-7H2,1-5H3. The quantitative estimate of drug-likeness (QED) is 0.636. The van der Waals surface area contributed by atoms with Crippen molar-refractivity contribution in [3.8, 4) is 0 Å². The summed E-state index contributed by atoms with van der Waals surface area (Å²) >= 11 is 1.68. The van der Waals surface area contributed by atoms with Gasteiger partial charge in [0.05, 0.1) is 18.8 Å². The number of thiazole rings is 1. The van der Waals surface area contributed by atoms with E-state index < -0.39 is 0 Å². The van der Waals surface area contributed by atoms with Crippen LogP contribution in [0.2, 0.25) is 0 Å². The normalized spacial score (nSPS) is 12.4. The molecule has 0 atom stereocenters. The molecule has 3 nitrogen and oxygen atoms in total. The van der Waals surface area contributed by atoms with Gasteiger partial charge in [0, 0.05) is 10.8 Å². The van der Waals surface area contributed by atoms with Gasteiger partial charge >= 0.3 is 0 Å². The van der Waals surface area contributed by atoms with Gasteiger partial charge in [-0.3, -0.25) is 0 Å². The van der Waals surface area contributed by atoms with E-state index in [1.54, 1.807) is 11.3 Å². The Hall–Kier alpha value is -0.450. The van der Waals surface area contributed by atoms with E-state index in [9.17, 15) is 0 Å². The van der Waals surface area contributed by atoms with Crippen LogP contribution in [0, 0.1) is 5.92 Å². The second-order valence-corrected chi connectivity index (χ2v) is 6.35. The van der Waals surface area contributed by atoms with E-state index in [2.05, 4.69) is 50.5 Å². The minimum atomic E-state index is 0.132. The van der Waals surface area contributed by atoms with Crippen LogP contribution in [0.4, 0.5) is 0 Å². The van der Waals surface area contributed by atoms with Crippen LogP contribution in [0.3, 0.4) is 0 Å². The van der Waals surface area contributed by atoms with Crippen molar-refractivity contribution in [2.75, 3.05) is 6.61 Å². The largest absolute Gasteiger partial charge is 0.301 e. The summed E-state index contributed by atoms with van der Waals surface area (Å²) in [5, 5.41) is 3.20. The van der Waals surface area contributed by atoms with E-state index in [1.807, 2.05) is 0 Å². The summed E-state index contributed by atoms with van der Waals surface area (Å²) < 4.78 is 0. The first-order chi connectivity index (χ1) is 7.39. The molecule has 4 heteroatoms. The van der Waals surface area contributed by atoms with Crippen molar-refractivity contribution in [1.29, 1.82) is 0 Å². The zero-order valence-corrected chi connectivity index (χ0v) is 11.6. The van der Waals surface area contributed by atoms with Crippen molar-refractivity contribution < 1.29 is 4.84 Å². The summed E-state index contributed by atoms with van der Waals surface area (Å²) in [5.74, 6) is 0.550. The van der Waals surface area contributed by atoms with Gasteiger partial charge in [0.1, 0.15) is 5.01 Å². The number of aromatic nitrogens is 1. The molecule has 1 heterocycles. The van der Waals surface area contributed by atoms with Crippen LogP contribution in [0.5, 0.6) is 0 Å². The topological polar surface area (TPSA) is 34.1 Å². The van der Waals surface area contributed by atoms with E-state index in [4.69, 9.17) is 4.84 Å². The molecule has 0 aliphatic carbocycles. The molecule has 16 heavy (non-hydrogen) atoms. The highest BCUT2D eigenvalue weighted by atomic mass is 32.1. The molecule has 1 N–H and O–H groups in total. The molecule has 0 spiro atoms. The van der Waals surface area contributed by atoms with Crippen molar-refractivity contribution in [1.82, 2.24) is 10.5 Å². The van der Waals surface area contributed by atoms with Gasteiger partial charge < -0.3 is 4.84 Å². The van der Waals surface area contributed by atoms with Gasteiger partial charge in [-0.1, -0.05) is 34.6 Å². The van der Waals surface area contributed by atoms with Crippen molar-refractivity contribution in [3.05, 3.63) is 16.1 Å². The summed E-state index contributed by atoms with van der Waals surface area (Å²) in [7, 11) is 0. The average Bonchev–Trinajstić information content (AvgIpc) is 2.59. The first-order valence-corrected chi connectivity index (χ1v) is 6.57. The number of hydrogen-bond acceptors (Lipinski definition) is 4. The fraction of sp³-hybridized carbons (Fsp3) is 0.750. The van der Waals surface area contributed by atoms with Crippen LogP contribution in [0.25, 0.3) is 0 Å². The molecule has 1 rings (SSSR count). The second-order valence-electron chi connectivity index (χ2n) is 5.40. The van der Waals surface area contributed by atoms with Gasteiger partial charge in [0.2, 0.25) is 0 Å². The smallest absolute Gasteiger partial charge is 0.109 e. The Balaban J connectivity index is 2.36. The Kier molecular flexibility index (Phi) is 4.89. The molecule has 0 aromatic carbocycles. The van der Waals surface area contributed by atoms with Crippen molar-refractivity contribution in [2.45, 2.75) is 46.6 Å². The fourth-order valence-electron chi connectivity index (χ4n) is 1.07. The minimum absolute atomic E-state index is 0.132. The lowest BCUT2D eigenvalue weighted by atomic mass is 9.93. The summed E-state index contributed by atoms with van der Waals surface area (Å²) in [6.45, 7) is 12.2. The van der Waals surface area contributed by atoms with Gasteiger partial charge in [-0.25, -0.2) is 4.98 Å². The van der Waals surface area contributed by atoms with Gasteiger partial charge in [-0.15, -0.1) is 11.3 Å². The number of hydroxylamine groups is 1. The van der Waals surface area contributed by atoms with E-state index in [1.165, 1.54) is 0 Å². The van der Waals surface area contributed by atoms with Crippen molar-refractivity contribution in [2.24, 2.45) is 5.92 Å². The molecular weight excluding hydrogens is 220 g/mol. The SMILES string of the molecule is CC(C)CONCc1nc(C(C)(C)C)cs1. The second kappa shape index (κ2) is 5.75. The molecule has 0 bridgehead atoms. The number of nitrogens with one attached hydrogen (secondary N) is 1. The molecule has 1 aromatic rings. The molecular formula is C12H22N2OS. The van der Waals surface area contributed by atoms with Gasteiger partial charge in [0.15, 0.2) is 0 Å². The number of rotatable bonds is 5. The average molecular weight is 242 g/mol. The highest BCUT2D eigenvalue weighted by molar-refractivity contribution is 7.09. The Morgan fingerprint density at radius 2 is 2.12 bits per heavy atom. The minimum Gasteiger partial charge on any atom is -0.301 e. The Labute approximate surface area is 102 Å². The van der Waals surface area contributed by atoms with Crippen molar-refractivity contribution in [3.63, 3.8) is 0 Å². The van der Waals surface area contributed by atoms with E-state index in [0.717, 1.165) is 17.3 Å². The Morgan fingerprint density at radius 3 is 2.62 bits per heavy atom. The van der Waals surface area contributed by atoms with Gasteiger partial charge in [-0.05, 0) is 5.92 Å². The third kappa shape index (κ3) is 4.60. The maximum absolute atomic E-state index is 5.31. The lowest BCUT2D eigenvalue weighted by molar-refractivity contribution is 0.0196. The fourth-order valence-corrected chi connectivity index (χ4v) is 2.02. The van der Waals surface area contributed by atoms with Crippen LogP contribution < -0.4 is 5.48 Å².